The van der Waals surface area contributed by atoms with E-state index in [1.165, 1.54) is 14.2 Å². The van der Waals surface area contributed by atoms with E-state index in [9.17, 15) is 14.9 Å². The molecule has 6 nitrogen and oxygen atoms in total. The van der Waals surface area contributed by atoms with Crippen molar-refractivity contribution in [2.75, 3.05) is 20.8 Å². The van der Waals surface area contributed by atoms with Crippen LogP contribution in [0.2, 0.25) is 0 Å². The molecule has 0 spiro atoms. The van der Waals surface area contributed by atoms with Gasteiger partial charge >= 0.3 is 5.97 Å². The van der Waals surface area contributed by atoms with Gasteiger partial charge in [-0.15, -0.1) is 0 Å². The van der Waals surface area contributed by atoms with Gasteiger partial charge < -0.3 is 9.47 Å². The highest BCUT2D eigenvalue weighted by atomic mass is 16.6. The molecule has 1 aromatic carbocycles. The third-order valence-electron chi connectivity index (χ3n) is 2.86. The number of hydrogen-bond donors (Lipinski definition) is 0. The predicted octanol–water partition coefficient (Wildman–Crippen LogP) is 2.01. The zero-order chi connectivity index (χ0) is 14.3. The maximum absolute atomic E-state index is 11.1. The number of nitrogens with zero attached hydrogens (tertiary/aromatic N) is 1. The summed E-state index contributed by atoms with van der Waals surface area (Å²) in [5.74, 6) is -0.0515. The molecule has 0 radical (unpaired) electrons. The Bertz CT molecular complexity index is 446. The highest BCUT2D eigenvalue weighted by Gasteiger charge is 2.19. The molecular formula is C13H17NO5. The molecule has 1 rings (SSSR count). The molecule has 6 heteroatoms. The van der Waals surface area contributed by atoms with Crippen molar-refractivity contribution in [2.45, 2.75) is 18.8 Å². The largest absolute Gasteiger partial charge is 0.497 e. The van der Waals surface area contributed by atoms with Crippen LogP contribution >= 0.6 is 0 Å². The van der Waals surface area contributed by atoms with E-state index in [0.717, 1.165) is 5.56 Å². The number of ether oxygens (including phenoxy) is 2. The topological polar surface area (TPSA) is 78.7 Å². The maximum atomic E-state index is 11.1. The summed E-state index contributed by atoms with van der Waals surface area (Å²) >= 11 is 0. The van der Waals surface area contributed by atoms with E-state index in [2.05, 4.69) is 4.74 Å². The van der Waals surface area contributed by atoms with Gasteiger partial charge in [-0.25, -0.2) is 0 Å². The Morgan fingerprint density at radius 1 is 1.42 bits per heavy atom. The number of rotatable bonds is 7. The molecule has 0 N–H and O–H groups in total. The Morgan fingerprint density at radius 2 is 2.16 bits per heavy atom. The first-order valence-corrected chi connectivity index (χ1v) is 5.89. The van der Waals surface area contributed by atoms with E-state index in [-0.39, 0.29) is 29.8 Å². The number of esters is 1. The fourth-order valence-corrected chi connectivity index (χ4v) is 1.83. The van der Waals surface area contributed by atoms with Gasteiger partial charge in [-0.05, 0) is 24.1 Å². The quantitative estimate of drug-likeness (QED) is 0.429. The minimum atomic E-state index is -0.374. The fraction of sp³-hybridized carbons (Fsp3) is 0.462. The molecule has 0 fully saturated rings. The Hall–Kier alpha value is -2.11. The highest BCUT2D eigenvalue weighted by molar-refractivity contribution is 5.69. The first-order chi connectivity index (χ1) is 9.06. The second-order valence-electron chi connectivity index (χ2n) is 4.10. The van der Waals surface area contributed by atoms with Crippen LogP contribution in [0, 0.1) is 10.1 Å². The summed E-state index contributed by atoms with van der Waals surface area (Å²) in [7, 11) is 2.84. The van der Waals surface area contributed by atoms with Gasteiger partial charge in [-0.2, -0.15) is 0 Å². The van der Waals surface area contributed by atoms with Gasteiger partial charge in [-0.3, -0.25) is 14.9 Å². The van der Waals surface area contributed by atoms with Gasteiger partial charge in [0.15, 0.2) is 0 Å². The van der Waals surface area contributed by atoms with Crippen molar-refractivity contribution in [1.82, 2.24) is 0 Å². The molecule has 104 valence electrons. The molecule has 0 aromatic heterocycles. The summed E-state index contributed by atoms with van der Waals surface area (Å²) in [6.07, 6.45) is 0.535. The Balaban J connectivity index is 2.82. The van der Waals surface area contributed by atoms with Crippen LogP contribution in [0.15, 0.2) is 24.3 Å². The zero-order valence-corrected chi connectivity index (χ0v) is 11.0. The van der Waals surface area contributed by atoms with E-state index in [1.807, 2.05) is 0 Å². The number of hydrogen-bond acceptors (Lipinski definition) is 5. The van der Waals surface area contributed by atoms with E-state index < -0.39 is 0 Å². The van der Waals surface area contributed by atoms with Gasteiger partial charge in [0.1, 0.15) is 5.75 Å². The third kappa shape index (κ3) is 4.95. The molecule has 19 heavy (non-hydrogen) atoms. The van der Waals surface area contributed by atoms with E-state index in [0.29, 0.717) is 12.2 Å². The molecule has 0 unspecified atom stereocenters. The van der Waals surface area contributed by atoms with Crippen molar-refractivity contribution in [1.29, 1.82) is 0 Å². The van der Waals surface area contributed by atoms with Crippen LogP contribution in [0.3, 0.4) is 0 Å². The van der Waals surface area contributed by atoms with Crippen molar-refractivity contribution < 1.29 is 19.2 Å². The fourth-order valence-electron chi connectivity index (χ4n) is 1.83. The molecule has 0 aliphatic heterocycles. The summed E-state index contributed by atoms with van der Waals surface area (Å²) in [4.78, 5) is 21.5. The Labute approximate surface area is 111 Å². The van der Waals surface area contributed by atoms with Crippen LogP contribution in [0.25, 0.3) is 0 Å². The number of benzene rings is 1. The minimum Gasteiger partial charge on any atom is -0.497 e. The summed E-state index contributed by atoms with van der Waals surface area (Å²) in [5, 5.41) is 10.7. The summed E-state index contributed by atoms with van der Waals surface area (Å²) in [6, 6.07) is 7.10. The van der Waals surface area contributed by atoms with E-state index in [1.54, 1.807) is 24.3 Å². The average Bonchev–Trinajstić information content (AvgIpc) is 2.42. The van der Waals surface area contributed by atoms with Crippen molar-refractivity contribution in [3.8, 4) is 5.75 Å². The van der Waals surface area contributed by atoms with Gasteiger partial charge in [0, 0.05) is 17.3 Å². The molecule has 0 heterocycles. The van der Waals surface area contributed by atoms with Crippen LogP contribution in [0.1, 0.15) is 24.3 Å². The number of carbonyl (C=O) groups excluding carboxylic acids is 1. The molecule has 0 saturated heterocycles. The van der Waals surface area contributed by atoms with E-state index in [4.69, 9.17) is 4.74 Å². The first kappa shape index (κ1) is 14.9. The Kier molecular flexibility index (Phi) is 5.78. The smallest absolute Gasteiger partial charge is 0.305 e. The predicted molar refractivity (Wildman–Crippen MR) is 68.8 cm³/mol. The molecule has 1 atom stereocenters. The normalized spacial score (nSPS) is 11.7. The van der Waals surface area contributed by atoms with Gasteiger partial charge in [0.2, 0.25) is 6.54 Å². The Morgan fingerprint density at radius 3 is 2.74 bits per heavy atom. The minimum absolute atomic E-state index is 0.159. The van der Waals surface area contributed by atoms with Crippen molar-refractivity contribution in [3.05, 3.63) is 39.9 Å². The first-order valence-electron chi connectivity index (χ1n) is 5.89. The number of nitro groups is 1. The lowest BCUT2D eigenvalue weighted by atomic mass is 9.94. The van der Waals surface area contributed by atoms with Gasteiger partial charge in [-0.1, -0.05) is 12.1 Å². The molecule has 0 bridgehead atoms. The molecule has 1 aromatic rings. The molecule has 0 amide bonds. The highest BCUT2D eigenvalue weighted by Crippen LogP contribution is 2.25. The molecule has 0 aliphatic rings. The lowest BCUT2D eigenvalue weighted by Gasteiger charge is -2.13. The van der Waals surface area contributed by atoms with Gasteiger partial charge in [0.05, 0.1) is 14.2 Å². The van der Waals surface area contributed by atoms with Crippen molar-refractivity contribution in [3.63, 3.8) is 0 Å². The van der Waals surface area contributed by atoms with Crippen LogP contribution in [-0.4, -0.2) is 31.7 Å². The van der Waals surface area contributed by atoms with Gasteiger partial charge in [0.25, 0.3) is 0 Å². The summed E-state index contributed by atoms with van der Waals surface area (Å²) in [6.45, 7) is -0.218. The van der Waals surface area contributed by atoms with Crippen LogP contribution in [-0.2, 0) is 9.53 Å². The monoisotopic (exact) mass is 267 g/mol. The van der Waals surface area contributed by atoms with Crippen molar-refractivity contribution in [2.24, 2.45) is 0 Å². The molecule has 0 aliphatic carbocycles. The second kappa shape index (κ2) is 7.35. The lowest BCUT2D eigenvalue weighted by molar-refractivity contribution is -0.483. The van der Waals surface area contributed by atoms with E-state index >= 15 is 0 Å². The molecule has 0 saturated carbocycles. The summed E-state index contributed by atoms with van der Waals surface area (Å²) in [5.41, 5.74) is 0.792. The van der Waals surface area contributed by atoms with Crippen LogP contribution in [0.4, 0.5) is 0 Å². The lowest BCUT2D eigenvalue weighted by Crippen LogP contribution is -2.14. The number of carbonyl (C=O) groups is 1. The zero-order valence-electron chi connectivity index (χ0n) is 11.0. The second-order valence-corrected chi connectivity index (χ2v) is 4.10. The summed E-state index contributed by atoms with van der Waals surface area (Å²) < 4.78 is 9.65. The SMILES string of the molecule is COC(=O)CC[C@@H](C[N+](=O)[O-])c1cccc(OC)c1. The third-order valence-corrected chi connectivity index (χ3v) is 2.86. The standard InChI is InChI=1S/C13H17NO5/c1-18-12-5-3-4-10(8-12)11(9-14(16)17)6-7-13(15)19-2/h3-5,8,11H,6-7,9H2,1-2H3/t11-/m0/s1. The van der Waals surface area contributed by atoms with Crippen LogP contribution in [0.5, 0.6) is 5.75 Å². The number of methoxy groups -OCH3 is 2. The van der Waals surface area contributed by atoms with Crippen LogP contribution < -0.4 is 4.74 Å². The average molecular weight is 267 g/mol. The maximum Gasteiger partial charge on any atom is 0.305 e. The molecular weight excluding hydrogens is 250 g/mol. The van der Waals surface area contributed by atoms with Crippen molar-refractivity contribution >= 4 is 5.97 Å².